The largest absolute Gasteiger partial charge is 0.310 e. The number of rotatable bonds is 7. The second-order valence-corrected chi connectivity index (χ2v) is 17.5. The fourth-order valence-corrected chi connectivity index (χ4v) is 10.6. The smallest absolute Gasteiger partial charge is 0.164 e. The highest BCUT2D eigenvalue weighted by Gasteiger charge is 2.51. The van der Waals surface area contributed by atoms with E-state index < -0.39 is 5.41 Å². The molecule has 68 heavy (non-hydrogen) atoms. The molecular formula is C64H42N4. The molecule has 11 aromatic rings. The lowest BCUT2D eigenvalue weighted by Crippen LogP contribution is -2.36. The summed E-state index contributed by atoms with van der Waals surface area (Å²) in [7, 11) is 0. The summed E-state index contributed by atoms with van der Waals surface area (Å²) in [5.74, 6) is 1.88. The van der Waals surface area contributed by atoms with Gasteiger partial charge in [-0.2, -0.15) is 0 Å². The van der Waals surface area contributed by atoms with E-state index in [4.69, 9.17) is 15.0 Å². The SMILES string of the molecule is c1ccc(-c2ccc(-c3nc(-c4ccc(-c5ccccc5)cc4)nc(-c4ccc(-c5ccc6c(c5)C5(c7ccccc7-6)c6ccccc6N(c6ccccc6)c6ccccc65)cc4)n3)cc2)cc1. The maximum absolute atomic E-state index is 5.14. The van der Waals surface area contributed by atoms with E-state index in [1.54, 1.807) is 0 Å². The van der Waals surface area contributed by atoms with E-state index in [2.05, 4.69) is 248 Å². The second-order valence-electron chi connectivity index (χ2n) is 17.5. The van der Waals surface area contributed by atoms with Crippen molar-refractivity contribution >= 4 is 17.1 Å². The number of para-hydroxylation sites is 3. The topological polar surface area (TPSA) is 41.9 Å². The molecule has 0 radical (unpaired) electrons. The van der Waals surface area contributed by atoms with Gasteiger partial charge in [0.25, 0.3) is 0 Å². The third-order valence-electron chi connectivity index (χ3n) is 13.8. The maximum atomic E-state index is 5.14. The minimum Gasteiger partial charge on any atom is -0.310 e. The summed E-state index contributed by atoms with van der Waals surface area (Å²) >= 11 is 0. The molecule has 1 spiro atoms. The van der Waals surface area contributed by atoms with Crippen molar-refractivity contribution < 1.29 is 0 Å². The number of anilines is 3. The van der Waals surface area contributed by atoms with Crippen molar-refractivity contribution in [2.45, 2.75) is 5.41 Å². The van der Waals surface area contributed by atoms with Crippen LogP contribution < -0.4 is 4.90 Å². The van der Waals surface area contributed by atoms with E-state index in [0.717, 1.165) is 44.6 Å². The molecule has 0 saturated carbocycles. The van der Waals surface area contributed by atoms with Crippen LogP contribution in [0.4, 0.5) is 17.1 Å². The first-order chi connectivity index (χ1) is 33.7. The maximum Gasteiger partial charge on any atom is 0.164 e. The minimum atomic E-state index is -0.531. The van der Waals surface area contributed by atoms with E-state index in [1.165, 1.54) is 55.9 Å². The quantitative estimate of drug-likeness (QED) is 0.160. The first-order valence-corrected chi connectivity index (χ1v) is 23.2. The molecule has 1 aromatic heterocycles. The van der Waals surface area contributed by atoms with Gasteiger partial charge in [-0.15, -0.1) is 0 Å². The number of hydrogen-bond donors (Lipinski definition) is 0. The molecule has 4 nitrogen and oxygen atoms in total. The molecule has 4 heteroatoms. The predicted octanol–water partition coefficient (Wildman–Crippen LogP) is 16.0. The molecule has 0 fully saturated rings. The van der Waals surface area contributed by atoms with Crippen LogP contribution in [-0.2, 0) is 5.41 Å². The Hall–Kier alpha value is -8.99. The van der Waals surface area contributed by atoms with Crippen LogP contribution >= 0.6 is 0 Å². The minimum absolute atomic E-state index is 0.531. The Kier molecular flexibility index (Phi) is 9.36. The Labute approximate surface area is 396 Å². The van der Waals surface area contributed by atoms with E-state index in [1.807, 2.05) is 12.1 Å². The van der Waals surface area contributed by atoms with Gasteiger partial charge in [-0.25, -0.2) is 15.0 Å². The molecule has 0 saturated heterocycles. The molecule has 2 aliphatic rings. The monoisotopic (exact) mass is 866 g/mol. The van der Waals surface area contributed by atoms with Gasteiger partial charge in [0.15, 0.2) is 17.5 Å². The van der Waals surface area contributed by atoms with Crippen molar-refractivity contribution in [3.05, 3.63) is 277 Å². The third kappa shape index (κ3) is 6.41. The summed E-state index contributed by atoms with van der Waals surface area (Å²) in [6, 6.07) is 91.3. The van der Waals surface area contributed by atoms with Crippen LogP contribution in [0.25, 0.3) is 78.7 Å². The Morgan fingerprint density at radius 2 is 0.588 bits per heavy atom. The van der Waals surface area contributed by atoms with E-state index in [-0.39, 0.29) is 0 Å². The van der Waals surface area contributed by atoms with Gasteiger partial charge < -0.3 is 4.90 Å². The molecule has 10 aromatic carbocycles. The summed E-state index contributed by atoms with van der Waals surface area (Å²) in [6.45, 7) is 0. The van der Waals surface area contributed by atoms with Crippen LogP contribution in [0.1, 0.15) is 22.3 Å². The molecule has 13 rings (SSSR count). The van der Waals surface area contributed by atoms with Crippen LogP contribution in [0.5, 0.6) is 0 Å². The summed E-state index contributed by atoms with van der Waals surface area (Å²) < 4.78 is 0. The zero-order valence-corrected chi connectivity index (χ0v) is 37.0. The number of nitrogens with zero attached hydrogens (tertiary/aromatic N) is 4. The lowest BCUT2D eigenvalue weighted by atomic mass is 9.64. The zero-order chi connectivity index (χ0) is 45.0. The highest BCUT2D eigenvalue weighted by atomic mass is 15.2. The first-order valence-electron chi connectivity index (χ1n) is 23.2. The van der Waals surface area contributed by atoms with Crippen molar-refractivity contribution in [3.63, 3.8) is 0 Å². The van der Waals surface area contributed by atoms with Crippen LogP contribution in [0.2, 0.25) is 0 Å². The molecule has 0 amide bonds. The number of aromatic nitrogens is 3. The predicted molar refractivity (Wildman–Crippen MR) is 278 cm³/mol. The molecular weight excluding hydrogens is 825 g/mol. The van der Waals surface area contributed by atoms with Gasteiger partial charge in [0.05, 0.1) is 16.8 Å². The summed E-state index contributed by atoms with van der Waals surface area (Å²) in [4.78, 5) is 17.8. The molecule has 2 heterocycles. The van der Waals surface area contributed by atoms with Gasteiger partial charge in [0, 0.05) is 22.4 Å². The average Bonchev–Trinajstić information content (AvgIpc) is 3.71. The van der Waals surface area contributed by atoms with Gasteiger partial charge in [-0.1, -0.05) is 224 Å². The normalized spacial score (nSPS) is 12.8. The fraction of sp³-hybridized carbons (Fsp3) is 0.0156. The van der Waals surface area contributed by atoms with Crippen molar-refractivity contribution in [1.29, 1.82) is 0 Å². The molecule has 0 unspecified atom stereocenters. The highest BCUT2D eigenvalue weighted by Crippen LogP contribution is 2.63. The van der Waals surface area contributed by atoms with Crippen molar-refractivity contribution in [3.8, 4) is 78.7 Å². The molecule has 1 aliphatic carbocycles. The van der Waals surface area contributed by atoms with Crippen LogP contribution in [0, 0.1) is 0 Å². The molecule has 0 N–H and O–H groups in total. The van der Waals surface area contributed by atoms with E-state index in [0.29, 0.717) is 17.5 Å². The van der Waals surface area contributed by atoms with E-state index in [9.17, 15) is 0 Å². The lowest BCUT2D eigenvalue weighted by molar-refractivity contribution is 0.753. The Morgan fingerprint density at radius 3 is 1.07 bits per heavy atom. The average molecular weight is 867 g/mol. The van der Waals surface area contributed by atoms with Gasteiger partial charge in [-0.3, -0.25) is 0 Å². The van der Waals surface area contributed by atoms with Crippen molar-refractivity contribution in [1.82, 2.24) is 15.0 Å². The molecule has 318 valence electrons. The van der Waals surface area contributed by atoms with Gasteiger partial charge in [-0.05, 0) is 97.1 Å². The van der Waals surface area contributed by atoms with Crippen LogP contribution in [-0.4, -0.2) is 15.0 Å². The van der Waals surface area contributed by atoms with Gasteiger partial charge in [0.2, 0.25) is 0 Å². The van der Waals surface area contributed by atoms with Crippen molar-refractivity contribution in [2.75, 3.05) is 4.90 Å². The third-order valence-corrected chi connectivity index (χ3v) is 13.8. The molecule has 0 bridgehead atoms. The van der Waals surface area contributed by atoms with Gasteiger partial charge in [0.1, 0.15) is 0 Å². The highest BCUT2D eigenvalue weighted by molar-refractivity contribution is 5.96. The number of hydrogen-bond acceptors (Lipinski definition) is 4. The molecule has 0 atom stereocenters. The van der Waals surface area contributed by atoms with Crippen LogP contribution in [0.15, 0.2) is 255 Å². The van der Waals surface area contributed by atoms with Crippen LogP contribution in [0.3, 0.4) is 0 Å². The fourth-order valence-electron chi connectivity index (χ4n) is 10.6. The Bertz CT molecular complexity index is 3490. The first kappa shape index (κ1) is 39.4. The summed E-state index contributed by atoms with van der Waals surface area (Å²) in [5, 5.41) is 0. The zero-order valence-electron chi connectivity index (χ0n) is 37.0. The Morgan fingerprint density at radius 1 is 0.250 bits per heavy atom. The molecule has 1 aliphatic heterocycles. The standard InChI is InChI=1S/C64H42N4/c1-4-16-43(17-5-1)45-28-34-48(35-29-45)61-65-62(49-36-30-46(31-37-49)44-18-6-2-7-19-44)67-63(66-61)50-38-32-47(33-39-50)51-40-41-54-53-22-10-11-23-55(53)64(58(54)42-51)56-24-12-14-26-59(56)68(52-20-8-3-9-21-52)60-27-15-13-25-57(60)64/h1-42H. The number of benzene rings is 10. The van der Waals surface area contributed by atoms with Crippen molar-refractivity contribution in [2.24, 2.45) is 0 Å². The summed E-state index contributed by atoms with van der Waals surface area (Å²) in [6.07, 6.45) is 0. The van der Waals surface area contributed by atoms with E-state index >= 15 is 0 Å². The lowest BCUT2D eigenvalue weighted by Gasteiger charge is -2.45. The second kappa shape index (κ2) is 16.2. The number of fused-ring (bicyclic) bond motifs is 9. The van der Waals surface area contributed by atoms with Gasteiger partial charge >= 0.3 is 0 Å². The summed E-state index contributed by atoms with van der Waals surface area (Å²) in [5.41, 5.74) is 20.3. The Balaban J connectivity index is 0.914.